The molecular formula is C5H7NO. The fourth-order valence-electron chi connectivity index (χ4n) is 0.178. The largest absolute Gasteiger partial charge is 0.301 e. The van der Waals surface area contributed by atoms with Crippen molar-refractivity contribution in [1.29, 1.82) is 0 Å². The Hall–Kier alpha value is -0.920. The third kappa shape index (κ3) is 5.08. The van der Waals surface area contributed by atoms with Crippen LogP contribution in [0.4, 0.5) is 0 Å². The van der Waals surface area contributed by atoms with Crippen molar-refractivity contribution in [3.05, 3.63) is 12.7 Å². The zero-order valence-electron chi connectivity index (χ0n) is 4.00. The third-order valence-corrected chi connectivity index (χ3v) is 0.391. The van der Waals surface area contributed by atoms with E-state index in [1.54, 1.807) is 0 Å². The predicted molar refractivity (Wildman–Crippen MR) is 29.6 cm³/mol. The first-order valence-electron chi connectivity index (χ1n) is 1.96. The number of nitrogens with zero attached hydrogens (tertiary/aromatic N) is 1. The normalized spacial score (nSPS) is 9.14. The van der Waals surface area contributed by atoms with Gasteiger partial charge in [0.2, 0.25) is 0 Å². The summed E-state index contributed by atoms with van der Waals surface area (Å²) in [5.74, 6) is 0. The molecule has 0 fully saturated rings. The fraction of sp³-hybridized carbons (Fsp3) is 0.200. The number of carbonyl (C=O) groups is 1. The molecule has 0 saturated carbocycles. The van der Waals surface area contributed by atoms with Gasteiger partial charge in [0, 0.05) is 6.21 Å². The first kappa shape index (κ1) is 6.08. The monoisotopic (exact) mass is 97.1 g/mol. The molecule has 0 spiro atoms. The molecule has 0 atom stereocenters. The molecule has 0 aromatic carbocycles. The SMILES string of the molecule is C=CC=NCC=O. The van der Waals surface area contributed by atoms with Gasteiger partial charge in [-0.1, -0.05) is 12.7 Å². The molecule has 0 amide bonds. The standard InChI is InChI=1S/C5H7NO/c1-2-3-6-4-5-7/h2-3,5H,1,4H2. The average Bonchev–Trinajstić information content (AvgIpc) is 1.69. The van der Waals surface area contributed by atoms with Crippen molar-refractivity contribution in [3.63, 3.8) is 0 Å². The molecule has 0 aromatic heterocycles. The number of hydrogen-bond acceptors (Lipinski definition) is 2. The van der Waals surface area contributed by atoms with E-state index in [1.807, 2.05) is 0 Å². The number of aldehydes is 1. The van der Waals surface area contributed by atoms with E-state index in [1.165, 1.54) is 12.3 Å². The number of hydrogen-bond donors (Lipinski definition) is 0. The summed E-state index contributed by atoms with van der Waals surface area (Å²) in [5.41, 5.74) is 0. The highest BCUT2D eigenvalue weighted by molar-refractivity contribution is 5.71. The lowest BCUT2D eigenvalue weighted by Gasteiger charge is -1.70. The minimum Gasteiger partial charge on any atom is -0.301 e. The van der Waals surface area contributed by atoms with E-state index in [9.17, 15) is 4.79 Å². The van der Waals surface area contributed by atoms with E-state index in [2.05, 4.69) is 11.6 Å². The zero-order valence-corrected chi connectivity index (χ0v) is 4.00. The summed E-state index contributed by atoms with van der Waals surface area (Å²) in [4.78, 5) is 13.1. The quantitative estimate of drug-likeness (QED) is 0.371. The van der Waals surface area contributed by atoms with Gasteiger partial charge in [-0.3, -0.25) is 4.99 Å². The summed E-state index contributed by atoms with van der Waals surface area (Å²) in [6.45, 7) is 3.61. The Morgan fingerprint density at radius 1 is 1.71 bits per heavy atom. The maximum atomic E-state index is 9.53. The van der Waals surface area contributed by atoms with Gasteiger partial charge in [0.25, 0.3) is 0 Å². The van der Waals surface area contributed by atoms with Crippen LogP contribution in [0, 0.1) is 0 Å². The van der Waals surface area contributed by atoms with E-state index in [-0.39, 0.29) is 6.54 Å². The molecule has 0 aliphatic heterocycles. The molecule has 0 rings (SSSR count). The number of carbonyl (C=O) groups excluding carboxylic acids is 1. The van der Waals surface area contributed by atoms with Gasteiger partial charge >= 0.3 is 0 Å². The van der Waals surface area contributed by atoms with Crippen molar-refractivity contribution < 1.29 is 4.79 Å². The number of allylic oxidation sites excluding steroid dienone is 1. The fourth-order valence-corrected chi connectivity index (χ4v) is 0.178. The molecule has 7 heavy (non-hydrogen) atoms. The maximum absolute atomic E-state index is 9.53. The first-order chi connectivity index (χ1) is 3.41. The Kier molecular flexibility index (Phi) is 4.41. The van der Waals surface area contributed by atoms with Gasteiger partial charge in [-0.05, 0) is 0 Å². The zero-order chi connectivity index (χ0) is 5.54. The highest BCUT2D eigenvalue weighted by Gasteiger charge is 1.64. The second-order valence-electron chi connectivity index (χ2n) is 0.917. The summed E-state index contributed by atoms with van der Waals surface area (Å²) < 4.78 is 0. The van der Waals surface area contributed by atoms with Gasteiger partial charge in [-0.15, -0.1) is 0 Å². The number of rotatable bonds is 3. The van der Waals surface area contributed by atoms with Gasteiger partial charge in [0.1, 0.15) is 6.29 Å². The van der Waals surface area contributed by atoms with E-state index in [0.717, 1.165) is 6.29 Å². The topological polar surface area (TPSA) is 29.4 Å². The molecular weight excluding hydrogens is 90.1 g/mol. The Morgan fingerprint density at radius 3 is 2.86 bits per heavy atom. The summed E-state index contributed by atoms with van der Waals surface area (Å²) in [5, 5.41) is 0. The van der Waals surface area contributed by atoms with Crippen LogP contribution in [0.2, 0.25) is 0 Å². The highest BCUT2D eigenvalue weighted by atomic mass is 16.1. The average molecular weight is 97.1 g/mol. The van der Waals surface area contributed by atoms with E-state index < -0.39 is 0 Å². The Morgan fingerprint density at radius 2 is 2.43 bits per heavy atom. The summed E-state index contributed by atoms with van der Waals surface area (Å²) in [6.07, 6.45) is 3.76. The van der Waals surface area contributed by atoms with Crippen LogP contribution in [-0.2, 0) is 4.79 Å². The lowest BCUT2D eigenvalue weighted by molar-refractivity contribution is -0.106. The second kappa shape index (κ2) is 5.08. The van der Waals surface area contributed by atoms with Crippen molar-refractivity contribution in [3.8, 4) is 0 Å². The van der Waals surface area contributed by atoms with Crippen LogP contribution in [0.25, 0.3) is 0 Å². The lowest BCUT2D eigenvalue weighted by atomic mass is 10.7. The summed E-state index contributed by atoms with van der Waals surface area (Å²) >= 11 is 0. The van der Waals surface area contributed by atoms with Crippen LogP contribution in [0.1, 0.15) is 0 Å². The molecule has 38 valence electrons. The van der Waals surface area contributed by atoms with Crippen LogP contribution in [-0.4, -0.2) is 19.0 Å². The van der Waals surface area contributed by atoms with Gasteiger partial charge in [-0.25, -0.2) is 0 Å². The van der Waals surface area contributed by atoms with E-state index >= 15 is 0 Å². The third-order valence-electron chi connectivity index (χ3n) is 0.391. The van der Waals surface area contributed by atoms with Gasteiger partial charge in [0.05, 0.1) is 6.54 Å². The number of aliphatic imine (C=N–C) groups is 1. The van der Waals surface area contributed by atoms with E-state index in [4.69, 9.17) is 0 Å². The van der Waals surface area contributed by atoms with Gasteiger partial charge < -0.3 is 4.79 Å². The summed E-state index contributed by atoms with van der Waals surface area (Å²) in [7, 11) is 0. The molecule has 0 unspecified atom stereocenters. The molecule has 0 aromatic rings. The second-order valence-corrected chi connectivity index (χ2v) is 0.917. The van der Waals surface area contributed by atoms with Crippen molar-refractivity contribution in [1.82, 2.24) is 0 Å². The molecule has 0 aliphatic carbocycles. The molecule has 0 aliphatic rings. The Labute approximate surface area is 42.6 Å². The highest BCUT2D eigenvalue weighted by Crippen LogP contribution is 1.59. The Balaban J connectivity index is 3.08. The van der Waals surface area contributed by atoms with Crippen LogP contribution in [0.15, 0.2) is 17.6 Å². The van der Waals surface area contributed by atoms with Gasteiger partial charge in [0.15, 0.2) is 0 Å². The molecule has 0 heterocycles. The van der Waals surface area contributed by atoms with Gasteiger partial charge in [-0.2, -0.15) is 0 Å². The van der Waals surface area contributed by atoms with Crippen molar-refractivity contribution in [2.24, 2.45) is 4.99 Å². The smallest absolute Gasteiger partial charge is 0.141 e. The molecule has 0 radical (unpaired) electrons. The van der Waals surface area contributed by atoms with Crippen molar-refractivity contribution in [2.45, 2.75) is 0 Å². The molecule has 2 nitrogen and oxygen atoms in total. The maximum Gasteiger partial charge on any atom is 0.141 e. The van der Waals surface area contributed by atoms with Crippen LogP contribution in [0.5, 0.6) is 0 Å². The molecule has 0 bridgehead atoms. The molecule has 2 heteroatoms. The van der Waals surface area contributed by atoms with Crippen molar-refractivity contribution in [2.75, 3.05) is 6.54 Å². The Bertz CT molecular complexity index is 86.1. The first-order valence-corrected chi connectivity index (χ1v) is 1.96. The van der Waals surface area contributed by atoms with Crippen LogP contribution in [0.3, 0.4) is 0 Å². The minimum absolute atomic E-state index is 0.242. The molecule has 0 saturated heterocycles. The lowest BCUT2D eigenvalue weighted by Crippen LogP contribution is -1.77. The predicted octanol–water partition coefficient (Wildman–Crippen LogP) is 0.442. The van der Waals surface area contributed by atoms with E-state index in [0.29, 0.717) is 0 Å². The minimum atomic E-state index is 0.242. The summed E-state index contributed by atoms with van der Waals surface area (Å²) in [6, 6.07) is 0. The van der Waals surface area contributed by atoms with Crippen LogP contribution >= 0.6 is 0 Å². The van der Waals surface area contributed by atoms with Crippen LogP contribution < -0.4 is 0 Å². The van der Waals surface area contributed by atoms with Crippen molar-refractivity contribution >= 4 is 12.5 Å². The molecule has 0 N–H and O–H groups in total.